The second kappa shape index (κ2) is 6.41. The first-order chi connectivity index (χ1) is 13.3. The molecule has 6 heteroatoms. The normalized spacial score (nSPS) is 12.3. The van der Waals surface area contributed by atoms with E-state index in [1.54, 1.807) is 35.6 Å². The lowest BCUT2D eigenvalue weighted by molar-refractivity contribution is 0.0736. The minimum Gasteiger partial charge on any atom is -0.454 e. The summed E-state index contributed by atoms with van der Waals surface area (Å²) in [5.74, 6) is 1.18. The zero-order valence-corrected chi connectivity index (χ0v) is 14.9. The number of benzene rings is 2. The standard InChI is InChI=1S/C21H13NO4S/c23-21(26-13-7-8-18-19(10-13)25-12-24-18)15-11-17(20-6-3-9-27-20)22-16-5-2-1-4-14(15)16/h1-11H,12H2. The molecule has 0 unspecified atom stereocenters. The summed E-state index contributed by atoms with van der Waals surface area (Å²) >= 11 is 1.58. The molecule has 0 saturated heterocycles. The van der Waals surface area contributed by atoms with Gasteiger partial charge in [0, 0.05) is 11.5 Å². The zero-order chi connectivity index (χ0) is 18.2. The third kappa shape index (κ3) is 2.90. The summed E-state index contributed by atoms with van der Waals surface area (Å²) in [5, 5.41) is 2.74. The molecule has 27 heavy (non-hydrogen) atoms. The maximum atomic E-state index is 12.9. The van der Waals surface area contributed by atoms with Crippen LogP contribution in [-0.2, 0) is 0 Å². The lowest BCUT2D eigenvalue weighted by Gasteiger charge is -2.09. The third-order valence-electron chi connectivity index (χ3n) is 4.26. The minimum absolute atomic E-state index is 0.173. The molecule has 0 amide bonds. The molecule has 4 aromatic rings. The number of carbonyl (C=O) groups is 1. The Balaban J connectivity index is 1.56. The molecular weight excluding hydrogens is 362 g/mol. The van der Waals surface area contributed by atoms with Gasteiger partial charge in [-0.25, -0.2) is 9.78 Å². The Bertz CT molecular complexity index is 1150. The molecule has 0 aliphatic carbocycles. The fourth-order valence-electron chi connectivity index (χ4n) is 3.00. The van der Waals surface area contributed by atoms with Crippen LogP contribution in [0.25, 0.3) is 21.5 Å². The maximum absolute atomic E-state index is 12.9. The van der Waals surface area contributed by atoms with Gasteiger partial charge >= 0.3 is 5.97 Å². The van der Waals surface area contributed by atoms with E-state index < -0.39 is 5.97 Å². The van der Waals surface area contributed by atoms with Crippen molar-refractivity contribution < 1.29 is 19.0 Å². The largest absolute Gasteiger partial charge is 0.454 e. The quantitative estimate of drug-likeness (QED) is 0.376. The van der Waals surface area contributed by atoms with Crippen LogP contribution in [0.15, 0.2) is 66.0 Å². The van der Waals surface area contributed by atoms with Crippen molar-refractivity contribution in [2.75, 3.05) is 6.79 Å². The van der Waals surface area contributed by atoms with Gasteiger partial charge in [-0.15, -0.1) is 11.3 Å². The molecule has 2 aromatic carbocycles. The second-order valence-electron chi connectivity index (χ2n) is 5.95. The van der Waals surface area contributed by atoms with Gasteiger partial charge < -0.3 is 14.2 Å². The van der Waals surface area contributed by atoms with Crippen LogP contribution in [0.1, 0.15) is 10.4 Å². The summed E-state index contributed by atoms with van der Waals surface area (Å²) in [7, 11) is 0. The van der Waals surface area contributed by atoms with E-state index in [-0.39, 0.29) is 6.79 Å². The van der Waals surface area contributed by atoms with Crippen molar-refractivity contribution >= 4 is 28.2 Å². The van der Waals surface area contributed by atoms with Crippen LogP contribution in [-0.4, -0.2) is 17.7 Å². The van der Waals surface area contributed by atoms with Crippen molar-refractivity contribution in [1.29, 1.82) is 0 Å². The van der Waals surface area contributed by atoms with Gasteiger partial charge in [0.05, 0.1) is 21.7 Å². The molecule has 0 fully saturated rings. The van der Waals surface area contributed by atoms with Crippen molar-refractivity contribution in [2.24, 2.45) is 0 Å². The number of aromatic nitrogens is 1. The van der Waals surface area contributed by atoms with E-state index in [1.807, 2.05) is 41.8 Å². The van der Waals surface area contributed by atoms with Crippen LogP contribution in [0.4, 0.5) is 0 Å². The second-order valence-corrected chi connectivity index (χ2v) is 6.90. The van der Waals surface area contributed by atoms with Gasteiger partial charge in [0.2, 0.25) is 6.79 Å². The molecule has 5 rings (SSSR count). The lowest BCUT2D eigenvalue weighted by Crippen LogP contribution is -2.10. The molecule has 3 heterocycles. The Morgan fingerprint density at radius 2 is 1.89 bits per heavy atom. The van der Waals surface area contributed by atoms with Crippen molar-refractivity contribution in [1.82, 2.24) is 4.98 Å². The number of nitrogens with zero attached hydrogens (tertiary/aromatic N) is 1. The van der Waals surface area contributed by atoms with E-state index in [0.717, 1.165) is 21.5 Å². The van der Waals surface area contributed by atoms with Crippen LogP contribution >= 0.6 is 11.3 Å². The van der Waals surface area contributed by atoms with Gasteiger partial charge in [-0.1, -0.05) is 24.3 Å². The molecule has 0 radical (unpaired) electrons. The molecule has 0 atom stereocenters. The fourth-order valence-corrected chi connectivity index (χ4v) is 3.68. The average Bonchev–Trinajstić information content (AvgIpc) is 3.38. The highest BCUT2D eigenvalue weighted by atomic mass is 32.1. The number of hydrogen-bond acceptors (Lipinski definition) is 6. The van der Waals surface area contributed by atoms with Gasteiger partial charge in [-0.05, 0) is 35.7 Å². The summed E-state index contributed by atoms with van der Waals surface area (Å²) in [6.07, 6.45) is 0. The Labute approximate surface area is 158 Å². The molecule has 0 bridgehead atoms. The number of ether oxygens (including phenoxy) is 3. The number of hydrogen-bond donors (Lipinski definition) is 0. The number of para-hydroxylation sites is 1. The average molecular weight is 375 g/mol. The molecule has 2 aromatic heterocycles. The predicted molar refractivity (Wildman–Crippen MR) is 103 cm³/mol. The molecule has 1 aliphatic rings. The van der Waals surface area contributed by atoms with Crippen LogP contribution in [0.5, 0.6) is 17.2 Å². The van der Waals surface area contributed by atoms with E-state index in [9.17, 15) is 4.79 Å². The Kier molecular flexibility index (Phi) is 3.76. The summed E-state index contributed by atoms with van der Waals surface area (Å²) in [6.45, 7) is 0.173. The molecule has 0 N–H and O–H groups in total. The van der Waals surface area contributed by atoms with Crippen molar-refractivity contribution in [3.63, 3.8) is 0 Å². The lowest BCUT2D eigenvalue weighted by atomic mass is 10.1. The van der Waals surface area contributed by atoms with E-state index in [1.165, 1.54) is 0 Å². The van der Waals surface area contributed by atoms with Crippen LogP contribution in [0.2, 0.25) is 0 Å². The van der Waals surface area contributed by atoms with Gasteiger partial charge in [-0.2, -0.15) is 0 Å². The summed E-state index contributed by atoms with van der Waals surface area (Å²) < 4.78 is 16.2. The van der Waals surface area contributed by atoms with Gasteiger partial charge in [0.1, 0.15) is 5.75 Å². The van der Waals surface area contributed by atoms with Gasteiger partial charge in [0.25, 0.3) is 0 Å². The fraction of sp³-hybridized carbons (Fsp3) is 0.0476. The molecule has 0 saturated carbocycles. The van der Waals surface area contributed by atoms with E-state index in [2.05, 4.69) is 4.98 Å². The van der Waals surface area contributed by atoms with Crippen LogP contribution < -0.4 is 14.2 Å². The highest BCUT2D eigenvalue weighted by Crippen LogP contribution is 2.35. The van der Waals surface area contributed by atoms with E-state index >= 15 is 0 Å². The Hall–Kier alpha value is -3.38. The van der Waals surface area contributed by atoms with Gasteiger partial charge in [-0.3, -0.25) is 0 Å². The van der Waals surface area contributed by atoms with E-state index in [0.29, 0.717) is 22.8 Å². The monoisotopic (exact) mass is 375 g/mol. The van der Waals surface area contributed by atoms with Crippen molar-refractivity contribution in [2.45, 2.75) is 0 Å². The first-order valence-electron chi connectivity index (χ1n) is 8.33. The summed E-state index contributed by atoms with van der Waals surface area (Å²) in [6, 6.07) is 18.3. The number of fused-ring (bicyclic) bond motifs is 2. The van der Waals surface area contributed by atoms with Crippen molar-refractivity contribution in [3.05, 3.63) is 71.6 Å². The molecular formula is C21H13NO4S. The van der Waals surface area contributed by atoms with Gasteiger partial charge in [0.15, 0.2) is 11.5 Å². The number of rotatable bonds is 3. The molecule has 132 valence electrons. The topological polar surface area (TPSA) is 57.7 Å². The highest BCUT2D eigenvalue weighted by Gasteiger charge is 2.19. The van der Waals surface area contributed by atoms with Crippen LogP contribution in [0.3, 0.4) is 0 Å². The molecule has 1 aliphatic heterocycles. The molecule has 5 nitrogen and oxygen atoms in total. The minimum atomic E-state index is -0.440. The number of pyridine rings is 1. The SMILES string of the molecule is O=C(Oc1ccc2c(c1)OCO2)c1cc(-c2cccs2)nc2ccccc12. The summed E-state index contributed by atoms with van der Waals surface area (Å²) in [5.41, 5.74) is 1.98. The predicted octanol–water partition coefficient (Wildman–Crippen LogP) is 4.91. The first-order valence-corrected chi connectivity index (χ1v) is 9.21. The highest BCUT2D eigenvalue weighted by molar-refractivity contribution is 7.13. The number of esters is 1. The number of thiophene rings is 1. The zero-order valence-electron chi connectivity index (χ0n) is 14.0. The van der Waals surface area contributed by atoms with Crippen molar-refractivity contribution in [3.8, 4) is 27.8 Å². The van der Waals surface area contributed by atoms with Crippen LogP contribution in [0, 0.1) is 0 Å². The molecule has 0 spiro atoms. The first kappa shape index (κ1) is 15.8. The Morgan fingerprint density at radius 3 is 2.78 bits per heavy atom. The third-order valence-corrected chi connectivity index (χ3v) is 5.16. The summed E-state index contributed by atoms with van der Waals surface area (Å²) in [4.78, 5) is 18.6. The number of carbonyl (C=O) groups excluding carboxylic acids is 1. The smallest absolute Gasteiger partial charge is 0.344 e. The maximum Gasteiger partial charge on any atom is 0.344 e. The van der Waals surface area contributed by atoms with E-state index in [4.69, 9.17) is 14.2 Å². The Morgan fingerprint density at radius 1 is 1.00 bits per heavy atom.